The van der Waals surface area contributed by atoms with Crippen LogP contribution in [0.2, 0.25) is 0 Å². The number of aromatic amines is 1. The summed E-state index contributed by atoms with van der Waals surface area (Å²) in [5.41, 5.74) is 4.39. The summed E-state index contributed by atoms with van der Waals surface area (Å²) in [6, 6.07) is 21.3. The summed E-state index contributed by atoms with van der Waals surface area (Å²) in [4.78, 5) is 16.0. The minimum atomic E-state index is -3.88. The molecule has 0 spiro atoms. The number of nitrogens with one attached hydrogen (secondary N) is 1. The molecule has 0 aliphatic rings. The first-order valence-corrected chi connectivity index (χ1v) is 11.5. The van der Waals surface area contributed by atoms with E-state index in [1.54, 1.807) is 42.5 Å². The fourth-order valence-electron chi connectivity index (χ4n) is 3.62. The average molecular weight is 433 g/mol. The zero-order chi connectivity index (χ0) is 22.2. The first-order chi connectivity index (χ1) is 14.8. The van der Waals surface area contributed by atoms with Crippen LogP contribution in [0.4, 0.5) is 5.69 Å². The molecule has 0 unspecified atom stereocenters. The molecule has 0 atom stereocenters. The van der Waals surface area contributed by atoms with Gasteiger partial charge in [0.2, 0.25) is 0 Å². The van der Waals surface area contributed by atoms with Crippen LogP contribution in [-0.2, 0) is 16.6 Å². The molecule has 4 aromatic rings. The van der Waals surface area contributed by atoms with Gasteiger partial charge >= 0.3 is 0 Å². The lowest BCUT2D eigenvalue weighted by Crippen LogP contribution is -2.33. The Morgan fingerprint density at radius 2 is 1.55 bits per heavy atom. The van der Waals surface area contributed by atoms with Gasteiger partial charge in [-0.1, -0.05) is 42.5 Å². The van der Waals surface area contributed by atoms with Crippen molar-refractivity contribution in [1.29, 1.82) is 0 Å². The molecule has 0 aliphatic carbocycles. The van der Waals surface area contributed by atoms with Gasteiger partial charge in [-0.05, 0) is 73.2 Å². The highest BCUT2D eigenvalue weighted by molar-refractivity contribution is 7.92. The number of hydrogen-bond donors (Lipinski definition) is 1. The molecule has 0 bridgehead atoms. The van der Waals surface area contributed by atoms with Gasteiger partial charge in [0, 0.05) is 5.56 Å². The maximum absolute atomic E-state index is 13.6. The predicted molar refractivity (Wildman–Crippen MR) is 125 cm³/mol. The van der Waals surface area contributed by atoms with E-state index in [0.29, 0.717) is 11.3 Å². The number of para-hydroxylation sites is 1. The monoisotopic (exact) mass is 432 g/mol. The molecule has 158 valence electrons. The molecule has 4 rings (SSSR count). The van der Waals surface area contributed by atoms with Crippen LogP contribution in [0, 0.1) is 20.8 Å². The second kappa shape index (κ2) is 8.04. The first-order valence-electron chi connectivity index (χ1n) is 10.0. The van der Waals surface area contributed by atoms with Crippen LogP contribution in [0.1, 0.15) is 22.3 Å². The van der Waals surface area contributed by atoms with Crippen molar-refractivity contribution in [2.75, 3.05) is 4.31 Å². The summed E-state index contributed by atoms with van der Waals surface area (Å²) < 4.78 is 28.5. The van der Waals surface area contributed by atoms with Gasteiger partial charge in [-0.2, -0.15) is 0 Å². The highest BCUT2D eigenvalue weighted by Crippen LogP contribution is 2.28. The van der Waals surface area contributed by atoms with E-state index < -0.39 is 10.0 Å². The SMILES string of the molecule is Cc1ccc(N(Cc2cc3cccc(C)c3[nH]c2=O)S(=O)(=O)c2ccccc2)cc1C. The van der Waals surface area contributed by atoms with Gasteiger partial charge in [0.1, 0.15) is 0 Å². The molecule has 5 nitrogen and oxygen atoms in total. The Kier molecular flexibility index (Phi) is 5.41. The van der Waals surface area contributed by atoms with Crippen molar-refractivity contribution < 1.29 is 8.42 Å². The van der Waals surface area contributed by atoms with Crippen LogP contribution in [0.5, 0.6) is 0 Å². The number of anilines is 1. The van der Waals surface area contributed by atoms with E-state index in [-0.39, 0.29) is 17.0 Å². The minimum Gasteiger partial charge on any atom is -0.321 e. The number of aryl methyl sites for hydroxylation is 3. The van der Waals surface area contributed by atoms with Gasteiger partial charge in [-0.15, -0.1) is 0 Å². The van der Waals surface area contributed by atoms with Gasteiger partial charge in [0.05, 0.1) is 22.6 Å². The minimum absolute atomic E-state index is 0.0705. The van der Waals surface area contributed by atoms with Crippen LogP contribution >= 0.6 is 0 Å². The number of hydrogen-bond acceptors (Lipinski definition) is 3. The Hall–Kier alpha value is -3.38. The molecule has 1 N–H and O–H groups in total. The summed E-state index contributed by atoms with van der Waals surface area (Å²) in [5, 5.41) is 0.867. The molecule has 6 heteroatoms. The van der Waals surface area contributed by atoms with Crippen LogP contribution in [0.25, 0.3) is 10.9 Å². The van der Waals surface area contributed by atoms with Crippen LogP contribution < -0.4 is 9.86 Å². The lowest BCUT2D eigenvalue weighted by atomic mass is 10.1. The van der Waals surface area contributed by atoms with Crippen molar-refractivity contribution in [1.82, 2.24) is 4.98 Å². The van der Waals surface area contributed by atoms with Crippen molar-refractivity contribution in [2.45, 2.75) is 32.2 Å². The molecule has 0 saturated heterocycles. The predicted octanol–water partition coefficient (Wildman–Crippen LogP) is 4.85. The molecule has 0 saturated carbocycles. The molecule has 0 aliphatic heterocycles. The van der Waals surface area contributed by atoms with Crippen LogP contribution in [0.3, 0.4) is 0 Å². The second-order valence-corrected chi connectivity index (χ2v) is 9.62. The zero-order valence-corrected chi connectivity index (χ0v) is 18.5. The number of nitrogens with zero attached hydrogens (tertiary/aromatic N) is 1. The Morgan fingerprint density at radius 3 is 2.26 bits per heavy atom. The smallest absolute Gasteiger partial charge is 0.264 e. The average Bonchev–Trinajstić information content (AvgIpc) is 2.75. The standard InChI is InChI=1S/C25H24N2O3S/c1-17-12-13-22(14-19(17)3)27(31(29,30)23-10-5-4-6-11-23)16-21-15-20-9-7-8-18(2)24(20)26-25(21)28/h4-15H,16H2,1-3H3,(H,26,28). The number of sulfonamides is 1. The Bertz CT molecular complexity index is 1420. The lowest BCUT2D eigenvalue weighted by Gasteiger charge is -2.25. The number of H-pyrrole nitrogens is 1. The third-order valence-corrected chi connectivity index (χ3v) is 7.38. The quantitative estimate of drug-likeness (QED) is 0.490. The molecule has 0 radical (unpaired) electrons. The molecule has 31 heavy (non-hydrogen) atoms. The van der Waals surface area contributed by atoms with Crippen molar-refractivity contribution in [2.24, 2.45) is 0 Å². The topological polar surface area (TPSA) is 70.2 Å². The van der Waals surface area contributed by atoms with E-state index in [4.69, 9.17) is 0 Å². The summed E-state index contributed by atoms with van der Waals surface area (Å²) in [6.45, 7) is 5.78. The van der Waals surface area contributed by atoms with Crippen molar-refractivity contribution in [3.05, 3.63) is 105 Å². The summed E-state index contributed by atoms with van der Waals surface area (Å²) >= 11 is 0. The van der Waals surface area contributed by atoms with E-state index in [2.05, 4.69) is 4.98 Å². The molecular formula is C25H24N2O3S. The van der Waals surface area contributed by atoms with E-state index in [0.717, 1.165) is 27.6 Å². The van der Waals surface area contributed by atoms with E-state index in [1.165, 1.54) is 4.31 Å². The van der Waals surface area contributed by atoms with Crippen LogP contribution in [0.15, 0.2) is 82.5 Å². The number of aromatic nitrogens is 1. The summed E-state index contributed by atoms with van der Waals surface area (Å²) in [7, 11) is -3.88. The molecule has 0 amide bonds. The molecule has 1 aromatic heterocycles. The Morgan fingerprint density at radius 1 is 0.806 bits per heavy atom. The molecule has 1 heterocycles. The van der Waals surface area contributed by atoms with Gasteiger partial charge in [0.25, 0.3) is 15.6 Å². The van der Waals surface area contributed by atoms with E-state index in [1.807, 2.05) is 51.1 Å². The largest absolute Gasteiger partial charge is 0.321 e. The number of pyridine rings is 1. The first kappa shape index (κ1) is 20.9. The lowest BCUT2D eigenvalue weighted by molar-refractivity contribution is 0.590. The van der Waals surface area contributed by atoms with Gasteiger partial charge in [-0.25, -0.2) is 8.42 Å². The maximum Gasteiger partial charge on any atom is 0.264 e. The van der Waals surface area contributed by atoms with Crippen molar-refractivity contribution in [3.8, 4) is 0 Å². The number of benzene rings is 3. The fraction of sp³-hybridized carbons (Fsp3) is 0.160. The number of rotatable bonds is 5. The van der Waals surface area contributed by atoms with Crippen molar-refractivity contribution in [3.63, 3.8) is 0 Å². The van der Waals surface area contributed by atoms with Gasteiger partial charge in [0.15, 0.2) is 0 Å². The van der Waals surface area contributed by atoms with Gasteiger partial charge < -0.3 is 4.98 Å². The molecule has 3 aromatic carbocycles. The highest BCUT2D eigenvalue weighted by Gasteiger charge is 2.26. The second-order valence-electron chi connectivity index (χ2n) is 7.76. The number of fused-ring (bicyclic) bond motifs is 1. The summed E-state index contributed by atoms with van der Waals surface area (Å²) in [5.74, 6) is 0. The van der Waals surface area contributed by atoms with Crippen molar-refractivity contribution >= 4 is 26.6 Å². The van der Waals surface area contributed by atoms with Gasteiger partial charge in [-0.3, -0.25) is 9.10 Å². The highest BCUT2D eigenvalue weighted by atomic mass is 32.2. The van der Waals surface area contributed by atoms with E-state index in [9.17, 15) is 13.2 Å². The Labute approximate surface area is 182 Å². The van der Waals surface area contributed by atoms with E-state index >= 15 is 0 Å². The Balaban J connectivity index is 1.88. The summed E-state index contributed by atoms with van der Waals surface area (Å²) in [6.07, 6.45) is 0. The maximum atomic E-state index is 13.6. The zero-order valence-electron chi connectivity index (χ0n) is 17.7. The third kappa shape index (κ3) is 3.99. The normalized spacial score (nSPS) is 11.6. The fourth-order valence-corrected chi connectivity index (χ4v) is 5.07. The van der Waals surface area contributed by atoms with Crippen LogP contribution in [-0.4, -0.2) is 13.4 Å². The molecule has 0 fully saturated rings. The molecular weight excluding hydrogens is 408 g/mol. The third-order valence-electron chi connectivity index (χ3n) is 5.59.